The summed E-state index contributed by atoms with van der Waals surface area (Å²) in [5, 5.41) is 13.6. The molecule has 1 aliphatic rings. The Labute approximate surface area is 134 Å². The number of ether oxygens (including phenoxy) is 2. The van der Waals surface area contributed by atoms with Crippen molar-refractivity contribution in [2.75, 3.05) is 25.7 Å². The molecule has 0 saturated carbocycles. The molecule has 0 radical (unpaired) electrons. The van der Waals surface area contributed by atoms with Crippen LogP contribution in [0, 0.1) is 5.92 Å². The normalized spacial score (nSPS) is 19.7. The maximum Gasteiger partial charge on any atom is 0.244 e. The number of methoxy groups -OCH3 is 2. The van der Waals surface area contributed by atoms with Gasteiger partial charge in [0.2, 0.25) is 11.7 Å². The highest BCUT2D eigenvalue weighted by molar-refractivity contribution is 7.91. The molecule has 1 aromatic carbocycles. The zero-order valence-corrected chi connectivity index (χ0v) is 13.6. The van der Waals surface area contributed by atoms with E-state index in [0.29, 0.717) is 12.0 Å². The van der Waals surface area contributed by atoms with Crippen molar-refractivity contribution in [3.63, 3.8) is 0 Å². The third-order valence-electron chi connectivity index (χ3n) is 3.49. The Kier molecular flexibility index (Phi) is 5.09. The van der Waals surface area contributed by atoms with Gasteiger partial charge < -0.3 is 14.6 Å². The molecule has 0 aromatic heterocycles. The van der Waals surface area contributed by atoms with Crippen molar-refractivity contribution >= 4 is 22.0 Å². The molecule has 1 fully saturated rings. The van der Waals surface area contributed by atoms with E-state index >= 15 is 0 Å². The zero-order valence-electron chi connectivity index (χ0n) is 12.8. The molecule has 9 heteroatoms. The number of aromatic hydroxyl groups is 1. The van der Waals surface area contributed by atoms with Crippen molar-refractivity contribution in [1.82, 2.24) is 5.43 Å². The molecule has 0 spiro atoms. The van der Waals surface area contributed by atoms with E-state index < -0.39 is 21.7 Å². The summed E-state index contributed by atoms with van der Waals surface area (Å²) in [6, 6.07) is 3.04. The fraction of sp³-hybridized carbons (Fsp3) is 0.429. The van der Waals surface area contributed by atoms with Gasteiger partial charge in [0, 0.05) is 5.56 Å². The number of nitrogens with one attached hydrogen (secondary N) is 1. The van der Waals surface area contributed by atoms with Gasteiger partial charge in [-0.15, -0.1) is 0 Å². The number of amides is 1. The maximum absolute atomic E-state index is 11.8. The lowest BCUT2D eigenvalue weighted by Gasteiger charge is -2.09. The third-order valence-corrected chi connectivity index (χ3v) is 5.26. The maximum atomic E-state index is 11.8. The predicted molar refractivity (Wildman–Crippen MR) is 83.7 cm³/mol. The minimum Gasteiger partial charge on any atom is -0.502 e. The molecule has 1 amide bonds. The highest BCUT2D eigenvalue weighted by Crippen LogP contribution is 2.36. The highest BCUT2D eigenvalue weighted by atomic mass is 32.2. The van der Waals surface area contributed by atoms with Gasteiger partial charge in [0.05, 0.1) is 37.9 Å². The van der Waals surface area contributed by atoms with Gasteiger partial charge in [-0.2, -0.15) is 5.10 Å². The number of sulfone groups is 1. The summed E-state index contributed by atoms with van der Waals surface area (Å²) in [5.74, 6) is -0.831. The van der Waals surface area contributed by atoms with E-state index in [1.165, 1.54) is 32.6 Å². The van der Waals surface area contributed by atoms with Crippen molar-refractivity contribution in [3.05, 3.63) is 17.7 Å². The van der Waals surface area contributed by atoms with Crippen molar-refractivity contribution < 1.29 is 27.8 Å². The molecule has 1 heterocycles. The first-order chi connectivity index (χ1) is 10.9. The van der Waals surface area contributed by atoms with Gasteiger partial charge >= 0.3 is 0 Å². The molecule has 1 atom stereocenters. The summed E-state index contributed by atoms with van der Waals surface area (Å²) in [6.07, 6.45) is 1.66. The molecule has 1 aromatic rings. The Morgan fingerprint density at radius 1 is 1.35 bits per heavy atom. The first kappa shape index (κ1) is 17.1. The van der Waals surface area contributed by atoms with Crippen LogP contribution in [0.3, 0.4) is 0 Å². The predicted octanol–water partition coefficient (Wildman–Crippen LogP) is 0.294. The van der Waals surface area contributed by atoms with E-state index in [2.05, 4.69) is 10.5 Å². The first-order valence-electron chi connectivity index (χ1n) is 6.84. The second-order valence-electron chi connectivity index (χ2n) is 5.11. The van der Waals surface area contributed by atoms with Gasteiger partial charge in [0.15, 0.2) is 21.3 Å². The number of hydrogen-bond donors (Lipinski definition) is 2. The monoisotopic (exact) mass is 342 g/mol. The van der Waals surface area contributed by atoms with Gasteiger partial charge in [-0.3, -0.25) is 4.79 Å². The third kappa shape index (κ3) is 4.13. The average Bonchev–Trinajstić information content (AvgIpc) is 2.88. The first-order valence-corrected chi connectivity index (χ1v) is 8.66. The topological polar surface area (TPSA) is 114 Å². The highest BCUT2D eigenvalue weighted by Gasteiger charge is 2.32. The van der Waals surface area contributed by atoms with E-state index in [4.69, 9.17) is 9.47 Å². The molecular weight excluding hydrogens is 324 g/mol. The van der Waals surface area contributed by atoms with Crippen LogP contribution >= 0.6 is 0 Å². The number of phenolic OH excluding ortho intramolecular Hbond substituents is 1. The van der Waals surface area contributed by atoms with Crippen LogP contribution in [0.5, 0.6) is 17.2 Å². The van der Waals surface area contributed by atoms with Gasteiger partial charge in [-0.05, 0) is 18.6 Å². The lowest BCUT2D eigenvalue weighted by Crippen LogP contribution is -2.27. The standard InChI is InChI=1S/C14H18N2O6S/c1-21-11-5-9(6-12(22-2)13(11)17)7-15-16-14(18)10-3-4-23(19,20)8-10/h5-7,10,17H,3-4,8H2,1-2H3,(H,16,18)/b15-7+/t10-/m0/s1. The Hall–Kier alpha value is -2.29. The van der Waals surface area contributed by atoms with E-state index in [1.807, 2.05) is 0 Å². The van der Waals surface area contributed by atoms with Gasteiger partial charge in [-0.1, -0.05) is 0 Å². The van der Waals surface area contributed by atoms with E-state index in [-0.39, 0.29) is 28.8 Å². The lowest BCUT2D eigenvalue weighted by atomic mass is 10.1. The summed E-state index contributed by atoms with van der Waals surface area (Å²) in [5.41, 5.74) is 2.86. The van der Waals surface area contributed by atoms with Crippen LogP contribution in [-0.4, -0.2) is 51.4 Å². The Morgan fingerprint density at radius 3 is 2.43 bits per heavy atom. The number of carbonyl (C=O) groups is 1. The number of hydrogen-bond acceptors (Lipinski definition) is 7. The molecule has 2 N–H and O–H groups in total. The van der Waals surface area contributed by atoms with Crippen molar-refractivity contribution in [1.29, 1.82) is 0 Å². The fourth-order valence-corrected chi connectivity index (χ4v) is 3.99. The minimum atomic E-state index is -3.11. The molecule has 126 valence electrons. The lowest BCUT2D eigenvalue weighted by molar-refractivity contribution is -0.124. The smallest absolute Gasteiger partial charge is 0.244 e. The Bertz CT molecular complexity index is 704. The number of hydrazone groups is 1. The number of benzene rings is 1. The second-order valence-corrected chi connectivity index (χ2v) is 7.34. The van der Waals surface area contributed by atoms with Crippen LogP contribution in [0.4, 0.5) is 0 Å². The van der Waals surface area contributed by atoms with Crippen molar-refractivity contribution in [3.8, 4) is 17.2 Å². The molecule has 23 heavy (non-hydrogen) atoms. The van der Waals surface area contributed by atoms with E-state index in [0.717, 1.165) is 0 Å². The van der Waals surface area contributed by atoms with Crippen LogP contribution in [0.1, 0.15) is 12.0 Å². The molecular formula is C14H18N2O6S. The van der Waals surface area contributed by atoms with E-state index in [9.17, 15) is 18.3 Å². The van der Waals surface area contributed by atoms with Crippen LogP contribution in [0.25, 0.3) is 0 Å². The largest absolute Gasteiger partial charge is 0.502 e. The molecule has 2 rings (SSSR count). The molecule has 8 nitrogen and oxygen atoms in total. The average molecular weight is 342 g/mol. The number of nitrogens with zero attached hydrogens (tertiary/aromatic N) is 1. The quantitative estimate of drug-likeness (QED) is 0.587. The van der Waals surface area contributed by atoms with Gasteiger partial charge in [0.1, 0.15) is 0 Å². The summed E-state index contributed by atoms with van der Waals surface area (Å²) in [7, 11) is -0.313. The van der Waals surface area contributed by atoms with Gasteiger partial charge in [0.25, 0.3) is 0 Å². The van der Waals surface area contributed by atoms with E-state index in [1.54, 1.807) is 0 Å². The van der Waals surface area contributed by atoms with Crippen molar-refractivity contribution in [2.24, 2.45) is 11.0 Å². The minimum absolute atomic E-state index is 0.0289. The fourth-order valence-electron chi connectivity index (χ4n) is 2.25. The Balaban J connectivity index is 2.04. The molecule has 1 aliphatic heterocycles. The molecule has 1 saturated heterocycles. The molecule has 0 aliphatic carbocycles. The van der Waals surface area contributed by atoms with Crippen LogP contribution < -0.4 is 14.9 Å². The Morgan fingerprint density at radius 2 is 1.96 bits per heavy atom. The molecule has 0 bridgehead atoms. The zero-order chi connectivity index (χ0) is 17.0. The summed E-state index contributed by atoms with van der Waals surface area (Å²) < 4.78 is 32.7. The van der Waals surface area contributed by atoms with Crippen molar-refractivity contribution in [2.45, 2.75) is 6.42 Å². The number of rotatable bonds is 5. The SMILES string of the molecule is COc1cc(/C=N/NC(=O)[C@H]2CCS(=O)(=O)C2)cc(OC)c1O. The summed E-state index contributed by atoms with van der Waals surface area (Å²) in [4.78, 5) is 11.8. The molecule has 0 unspecified atom stereocenters. The second kappa shape index (κ2) is 6.86. The summed E-state index contributed by atoms with van der Waals surface area (Å²) in [6.45, 7) is 0. The van der Waals surface area contributed by atoms with Crippen LogP contribution in [0.15, 0.2) is 17.2 Å². The van der Waals surface area contributed by atoms with Crippen LogP contribution in [0.2, 0.25) is 0 Å². The van der Waals surface area contributed by atoms with Gasteiger partial charge in [-0.25, -0.2) is 13.8 Å². The van der Waals surface area contributed by atoms with Crippen LogP contribution in [-0.2, 0) is 14.6 Å². The summed E-state index contributed by atoms with van der Waals surface area (Å²) >= 11 is 0. The number of carbonyl (C=O) groups excluding carboxylic acids is 1. The number of phenols is 1.